The van der Waals surface area contributed by atoms with E-state index in [2.05, 4.69) is 10.1 Å². The number of benzene rings is 2. The molecule has 0 saturated heterocycles. The van der Waals surface area contributed by atoms with Crippen LogP contribution in [-0.4, -0.2) is 62.4 Å². The average Bonchev–Trinajstić information content (AvgIpc) is 3.29. The number of carbonyl (C=O) groups is 1. The predicted octanol–water partition coefficient (Wildman–Crippen LogP) is 2.71. The fraction of sp³-hybridized carbons (Fsp3) is 0.348. The lowest BCUT2D eigenvalue weighted by Gasteiger charge is -2.25. The molecule has 2 heterocycles. The first-order valence-electron chi connectivity index (χ1n) is 10.8. The Kier molecular flexibility index (Phi) is 7.01. The molecule has 1 amide bonds. The molecule has 1 aliphatic rings. The van der Waals surface area contributed by atoms with E-state index in [0.717, 1.165) is 11.8 Å². The van der Waals surface area contributed by atoms with Crippen LogP contribution in [0.3, 0.4) is 0 Å². The average molecular weight is 487 g/mol. The van der Waals surface area contributed by atoms with Crippen molar-refractivity contribution < 1.29 is 27.2 Å². The summed E-state index contributed by atoms with van der Waals surface area (Å²) in [6, 6.07) is 14.4. The van der Waals surface area contributed by atoms with E-state index >= 15 is 0 Å². The second kappa shape index (κ2) is 10.1. The quantitative estimate of drug-likeness (QED) is 0.453. The standard InChI is InChI=1S/C23H26N4O6S/c1-26(16-21-24-23(25-33-21)17-7-4-3-5-8-17)22(28)9-6-12-27(34(2,29)30)18-10-11-19-20(15-18)32-14-13-31-19/h3-5,7-8,10-11,15H,6,9,12-14,16H2,1-2H3. The van der Waals surface area contributed by atoms with Crippen molar-refractivity contribution in [2.75, 3.05) is 37.4 Å². The van der Waals surface area contributed by atoms with Crippen LogP contribution >= 0.6 is 0 Å². The van der Waals surface area contributed by atoms with Crippen molar-refractivity contribution in [3.8, 4) is 22.9 Å². The number of sulfonamides is 1. The molecule has 0 radical (unpaired) electrons. The molecule has 1 aromatic heterocycles. The lowest BCUT2D eigenvalue weighted by molar-refractivity contribution is -0.130. The van der Waals surface area contributed by atoms with Gasteiger partial charge in [-0.2, -0.15) is 4.98 Å². The van der Waals surface area contributed by atoms with Gasteiger partial charge in [0.1, 0.15) is 13.2 Å². The van der Waals surface area contributed by atoms with Gasteiger partial charge in [0.15, 0.2) is 11.5 Å². The Morgan fingerprint density at radius 3 is 2.53 bits per heavy atom. The Hall–Kier alpha value is -3.60. The summed E-state index contributed by atoms with van der Waals surface area (Å²) in [4.78, 5) is 18.4. The maximum Gasteiger partial charge on any atom is 0.246 e. The molecule has 11 heteroatoms. The molecule has 2 aromatic carbocycles. The normalized spacial score (nSPS) is 12.9. The van der Waals surface area contributed by atoms with E-state index in [1.165, 1.54) is 9.21 Å². The van der Waals surface area contributed by atoms with Gasteiger partial charge in [0.2, 0.25) is 27.6 Å². The highest BCUT2D eigenvalue weighted by molar-refractivity contribution is 7.92. The third kappa shape index (κ3) is 5.66. The summed E-state index contributed by atoms with van der Waals surface area (Å²) in [6.45, 7) is 1.17. The van der Waals surface area contributed by atoms with Crippen LogP contribution in [0.1, 0.15) is 18.7 Å². The molecule has 0 fully saturated rings. The van der Waals surface area contributed by atoms with Gasteiger partial charge in [0.05, 0.1) is 18.5 Å². The molecule has 1 aliphatic heterocycles. The summed E-state index contributed by atoms with van der Waals surface area (Å²) in [7, 11) is -1.91. The number of anilines is 1. The first-order valence-corrected chi connectivity index (χ1v) is 12.7. The van der Waals surface area contributed by atoms with E-state index in [1.807, 2.05) is 30.3 Å². The number of hydrogen-bond donors (Lipinski definition) is 0. The lowest BCUT2D eigenvalue weighted by atomic mass is 10.2. The SMILES string of the molecule is CN(Cc1nc(-c2ccccc2)no1)C(=O)CCCN(c1ccc2c(c1)OCCO2)S(C)(=O)=O. The third-order valence-electron chi connectivity index (χ3n) is 5.26. The second-order valence-corrected chi connectivity index (χ2v) is 9.80. The molecule has 3 aromatic rings. The van der Waals surface area contributed by atoms with Crippen LogP contribution in [-0.2, 0) is 21.4 Å². The van der Waals surface area contributed by atoms with E-state index in [4.69, 9.17) is 14.0 Å². The van der Waals surface area contributed by atoms with E-state index in [0.29, 0.717) is 48.5 Å². The molecule has 4 rings (SSSR count). The molecule has 180 valence electrons. The maximum atomic E-state index is 12.6. The molecule has 10 nitrogen and oxygen atoms in total. The van der Waals surface area contributed by atoms with Crippen LogP contribution in [0.5, 0.6) is 11.5 Å². The van der Waals surface area contributed by atoms with Crippen molar-refractivity contribution >= 4 is 21.6 Å². The van der Waals surface area contributed by atoms with Gasteiger partial charge in [-0.05, 0) is 18.6 Å². The lowest BCUT2D eigenvalue weighted by Crippen LogP contribution is -2.32. The van der Waals surface area contributed by atoms with E-state index in [-0.39, 0.29) is 25.4 Å². The summed E-state index contributed by atoms with van der Waals surface area (Å²) in [6.07, 6.45) is 1.63. The van der Waals surface area contributed by atoms with E-state index in [1.54, 1.807) is 25.2 Å². The molecule has 0 aliphatic carbocycles. The number of hydrogen-bond acceptors (Lipinski definition) is 8. The van der Waals surface area contributed by atoms with Gasteiger partial charge in [0.25, 0.3) is 0 Å². The predicted molar refractivity (Wildman–Crippen MR) is 125 cm³/mol. The number of rotatable bonds is 9. The second-order valence-electron chi connectivity index (χ2n) is 7.89. The van der Waals surface area contributed by atoms with Crippen LogP contribution in [0.4, 0.5) is 5.69 Å². The first kappa shape index (κ1) is 23.6. The zero-order valence-electron chi connectivity index (χ0n) is 19.0. The Morgan fingerprint density at radius 2 is 1.79 bits per heavy atom. The minimum Gasteiger partial charge on any atom is -0.486 e. The van der Waals surface area contributed by atoms with Gasteiger partial charge in [-0.15, -0.1) is 0 Å². The van der Waals surface area contributed by atoms with Gasteiger partial charge in [-0.3, -0.25) is 9.10 Å². The minimum atomic E-state index is -3.56. The largest absolute Gasteiger partial charge is 0.486 e. The third-order valence-corrected chi connectivity index (χ3v) is 6.46. The summed E-state index contributed by atoms with van der Waals surface area (Å²) >= 11 is 0. The highest BCUT2D eigenvalue weighted by Crippen LogP contribution is 2.34. The summed E-state index contributed by atoms with van der Waals surface area (Å²) in [5, 5.41) is 3.96. The monoisotopic (exact) mass is 486 g/mol. The van der Waals surface area contributed by atoms with Crippen LogP contribution in [0.25, 0.3) is 11.4 Å². The Labute approximate surface area is 198 Å². The van der Waals surface area contributed by atoms with Crippen molar-refractivity contribution in [1.29, 1.82) is 0 Å². The van der Waals surface area contributed by atoms with E-state index < -0.39 is 10.0 Å². The van der Waals surface area contributed by atoms with Crippen LogP contribution < -0.4 is 13.8 Å². The van der Waals surface area contributed by atoms with Gasteiger partial charge < -0.3 is 18.9 Å². The minimum absolute atomic E-state index is 0.150. The molecule has 0 bridgehead atoms. The summed E-state index contributed by atoms with van der Waals surface area (Å²) in [5.41, 5.74) is 1.29. The zero-order chi connectivity index (χ0) is 24.1. The summed E-state index contributed by atoms with van der Waals surface area (Å²) < 4.78 is 42.4. The molecule has 0 unspecified atom stereocenters. The van der Waals surface area contributed by atoms with E-state index in [9.17, 15) is 13.2 Å². The van der Waals surface area contributed by atoms with Crippen molar-refractivity contribution in [3.63, 3.8) is 0 Å². The van der Waals surface area contributed by atoms with Crippen molar-refractivity contribution in [2.45, 2.75) is 19.4 Å². The number of amides is 1. The number of ether oxygens (including phenoxy) is 2. The fourth-order valence-corrected chi connectivity index (χ4v) is 4.51. The molecule has 0 spiro atoms. The molecule has 0 N–H and O–H groups in total. The number of nitrogens with zero attached hydrogens (tertiary/aromatic N) is 4. The Bertz CT molecular complexity index is 1250. The first-order chi connectivity index (χ1) is 16.3. The Morgan fingerprint density at radius 1 is 1.06 bits per heavy atom. The topological polar surface area (TPSA) is 115 Å². The molecule has 0 atom stereocenters. The Balaban J connectivity index is 1.34. The highest BCUT2D eigenvalue weighted by atomic mass is 32.2. The molecule has 0 saturated carbocycles. The highest BCUT2D eigenvalue weighted by Gasteiger charge is 2.22. The van der Waals surface area contributed by atoms with Crippen LogP contribution in [0.2, 0.25) is 0 Å². The van der Waals surface area contributed by atoms with Crippen LogP contribution in [0.15, 0.2) is 53.1 Å². The number of fused-ring (bicyclic) bond motifs is 1. The number of carbonyl (C=O) groups excluding carboxylic acids is 1. The van der Waals surface area contributed by atoms with Gasteiger partial charge >= 0.3 is 0 Å². The molecule has 34 heavy (non-hydrogen) atoms. The fourth-order valence-electron chi connectivity index (χ4n) is 3.55. The van der Waals surface area contributed by atoms with Crippen molar-refractivity contribution in [1.82, 2.24) is 15.0 Å². The smallest absolute Gasteiger partial charge is 0.246 e. The zero-order valence-corrected chi connectivity index (χ0v) is 19.8. The summed E-state index contributed by atoms with van der Waals surface area (Å²) in [5.74, 6) is 1.71. The molecular weight excluding hydrogens is 460 g/mol. The van der Waals surface area contributed by atoms with Gasteiger partial charge in [-0.25, -0.2) is 8.42 Å². The van der Waals surface area contributed by atoms with Crippen molar-refractivity contribution in [2.24, 2.45) is 0 Å². The van der Waals surface area contributed by atoms with Gasteiger partial charge in [0, 0.05) is 31.6 Å². The van der Waals surface area contributed by atoms with Gasteiger partial charge in [-0.1, -0.05) is 35.5 Å². The van der Waals surface area contributed by atoms with Crippen LogP contribution in [0, 0.1) is 0 Å². The maximum absolute atomic E-state index is 12.6. The number of aromatic nitrogens is 2. The molecular formula is C23H26N4O6S. The van der Waals surface area contributed by atoms with Crippen molar-refractivity contribution in [3.05, 3.63) is 54.4 Å².